The van der Waals surface area contributed by atoms with Crippen LogP contribution in [0.2, 0.25) is 0 Å². The van der Waals surface area contributed by atoms with E-state index in [1.54, 1.807) is 40.8 Å². The molecule has 1 aliphatic rings. The van der Waals surface area contributed by atoms with Crippen LogP contribution in [-0.2, 0) is 11.3 Å². The number of carbonyl (C=O) groups is 1. The molecule has 8 nitrogen and oxygen atoms in total. The first-order valence-electron chi connectivity index (χ1n) is 10.2. The molecule has 0 radical (unpaired) electrons. The Bertz CT molecular complexity index is 1330. The number of nitrogens with zero attached hydrogens (tertiary/aromatic N) is 4. The molecule has 0 unspecified atom stereocenters. The van der Waals surface area contributed by atoms with E-state index in [4.69, 9.17) is 4.42 Å². The number of furan rings is 1. The number of hydrogen-bond acceptors (Lipinski definition) is 7. The molecular weight excluding hydrogens is 426 g/mol. The van der Waals surface area contributed by atoms with Gasteiger partial charge in [-0.25, -0.2) is 9.99 Å². The SMILES string of the molecule is CN(CC(=O)N1N=C(c2ccco2)C[C@@H]1c1cccs1)Cc1nc2ccccc2c(=O)[nH]1. The van der Waals surface area contributed by atoms with E-state index in [9.17, 15) is 9.59 Å². The lowest BCUT2D eigenvalue weighted by molar-refractivity contribution is -0.134. The van der Waals surface area contributed by atoms with Crippen molar-refractivity contribution in [3.8, 4) is 0 Å². The van der Waals surface area contributed by atoms with Crippen molar-refractivity contribution in [1.29, 1.82) is 0 Å². The van der Waals surface area contributed by atoms with E-state index in [0.29, 0.717) is 35.5 Å². The molecule has 1 N–H and O–H groups in total. The highest BCUT2D eigenvalue weighted by atomic mass is 32.1. The van der Waals surface area contributed by atoms with Crippen molar-refractivity contribution in [3.63, 3.8) is 0 Å². The van der Waals surface area contributed by atoms with Crippen LogP contribution in [-0.4, -0.2) is 45.1 Å². The summed E-state index contributed by atoms with van der Waals surface area (Å²) in [5, 5.41) is 8.69. The molecule has 4 heterocycles. The molecule has 1 atom stereocenters. The molecule has 0 spiro atoms. The van der Waals surface area contributed by atoms with E-state index in [1.165, 1.54) is 0 Å². The Morgan fingerprint density at radius 1 is 1.25 bits per heavy atom. The maximum Gasteiger partial charge on any atom is 0.258 e. The van der Waals surface area contributed by atoms with Gasteiger partial charge in [0.25, 0.3) is 11.5 Å². The van der Waals surface area contributed by atoms with Gasteiger partial charge in [0.05, 0.1) is 36.3 Å². The highest BCUT2D eigenvalue weighted by molar-refractivity contribution is 7.10. The third-order valence-corrected chi connectivity index (χ3v) is 6.30. The quantitative estimate of drug-likeness (QED) is 0.489. The van der Waals surface area contributed by atoms with Gasteiger partial charge in [-0.2, -0.15) is 5.10 Å². The van der Waals surface area contributed by atoms with E-state index in [2.05, 4.69) is 15.1 Å². The topological polar surface area (TPSA) is 94.8 Å². The third kappa shape index (κ3) is 4.00. The number of aromatic nitrogens is 2. The summed E-state index contributed by atoms with van der Waals surface area (Å²) in [4.78, 5) is 35.8. The third-order valence-electron chi connectivity index (χ3n) is 5.33. The molecule has 0 aliphatic carbocycles. The molecule has 1 amide bonds. The highest BCUT2D eigenvalue weighted by Gasteiger charge is 2.34. The molecule has 32 heavy (non-hydrogen) atoms. The second-order valence-corrected chi connectivity index (χ2v) is 8.68. The maximum absolute atomic E-state index is 13.2. The molecule has 9 heteroatoms. The largest absolute Gasteiger partial charge is 0.463 e. The number of nitrogens with one attached hydrogen (secondary N) is 1. The summed E-state index contributed by atoms with van der Waals surface area (Å²) in [5.74, 6) is 1.06. The fourth-order valence-electron chi connectivity index (χ4n) is 3.86. The van der Waals surface area contributed by atoms with Gasteiger partial charge in [-0.05, 0) is 42.8 Å². The molecule has 162 valence electrons. The average molecular weight is 448 g/mol. The van der Waals surface area contributed by atoms with Crippen molar-refractivity contribution in [2.45, 2.75) is 19.0 Å². The minimum Gasteiger partial charge on any atom is -0.463 e. The van der Waals surface area contributed by atoms with E-state index in [1.807, 2.05) is 47.7 Å². The number of amides is 1. The highest BCUT2D eigenvalue weighted by Crippen LogP contribution is 2.35. The molecule has 0 fully saturated rings. The lowest BCUT2D eigenvalue weighted by Crippen LogP contribution is -2.36. The zero-order valence-electron chi connectivity index (χ0n) is 17.4. The molecule has 1 aromatic carbocycles. The summed E-state index contributed by atoms with van der Waals surface area (Å²) in [7, 11) is 1.82. The summed E-state index contributed by atoms with van der Waals surface area (Å²) in [6.45, 7) is 0.464. The Balaban J connectivity index is 1.34. The van der Waals surface area contributed by atoms with Crippen LogP contribution in [0.4, 0.5) is 0 Å². The number of benzene rings is 1. The van der Waals surface area contributed by atoms with Crippen LogP contribution in [0.3, 0.4) is 0 Å². The van der Waals surface area contributed by atoms with Gasteiger partial charge in [-0.15, -0.1) is 11.3 Å². The predicted octanol–water partition coefficient (Wildman–Crippen LogP) is 3.39. The summed E-state index contributed by atoms with van der Waals surface area (Å²) in [6, 6.07) is 14.7. The van der Waals surface area contributed by atoms with Gasteiger partial charge >= 0.3 is 0 Å². The standard InChI is InChI=1S/C23H21N5O3S/c1-27(13-21-24-16-7-3-2-6-15(16)23(30)25-21)14-22(29)28-18(20-9-5-11-32-20)12-17(26-28)19-8-4-10-31-19/h2-11,18H,12-14H2,1H3,(H,24,25,30)/t18-/m1/s1. The monoisotopic (exact) mass is 447 g/mol. The van der Waals surface area contributed by atoms with Crippen molar-refractivity contribution in [1.82, 2.24) is 19.9 Å². The number of aromatic amines is 1. The number of H-pyrrole nitrogens is 1. The Morgan fingerprint density at radius 2 is 2.12 bits per heavy atom. The van der Waals surface area contributed by atoms with Crippen LogP contribution in [0.15, 0.2) is 74.5 Å². The Kier molecular flexibility index (Phi) is 5.42. The molecule has 0 bridgehead atoms. The van der Waals surface area contributed by atoms with Crippen molar-refractivity contribution in [2.24, 2.45) is 5.10 Å². The van der Waals surface area contributed by atoms with Gasteiger partial charge in [0.1, 0.15) is 17.3 Å². The number of para-hydroxylation sites is 1. The molecule has 5 rings (SSSR count). The van der Waals surface area contributed by atoms with E-state index in [-0.39, 0.29) is 24.1 Å². The molecule has 1 aliphatic heterocycles. The second-order valence-electron chi connectivity index (χ2n) is 7.70. The smallest absolute Gasteiger partial charge is 0.258 e. The fraction of sp³-hybridized carbons (Fsp3) is 0.217. The van der Waals surface area contributed by atoms with Gasteiger partial charge < -0.3 is 9.40 Å². The van der Waals surface area contributed by atoms with Crippen molar-refractivity contribution in [3.05, 3.63) is 87.0 Å². The van der Waals surface area contributed by atoms with Crippen LogP contribution < -0.4 is 5.56 Å². The predicted molar refractivity (Wildman–Crippen MR) is 122 cm³/mol. The number of fused-ring (bicyclic) bond motifs is 1. The van der Waals surface area contributed by atoms with Crippen LogP contribution in [0.5, 0.6) is 0 Å². The minimum atomic E-state index is -0.185. The zero-order valence-corrected chi connectivity index (χ0v) is 18.2. The Labute approximate surface area is 187 Å². The molecular formula is C23H21N5O3S. The number of hydrazone groups is 1. The first-order chi connectivity index (χ1) is 15.6. The zero-order chi connectivity index (χ0) is 22.1. The van der Waals surface area contributed by atoms with Crippen LogP contribution in [0.1, 0.15) is 28.9 Å². The van der Waals surface area contributed by atoms with Gasteiger partial charge in [0, 0.05) is 11.3 Å². The molecule has 3 aromatic heterocycles. The summed E-state index contributed by atoms with van der Waals surface area (Å²) < 4.78 is 5.50. The van der Waals surface area contributed by atoms with Gasteiger partial charge in [0.15, 0.2) is 0 Å². The van der Waals surface area contributed by atoms with Gasteiger partial charge in [-0.1, -0.05) is 18.2 Å². The first kappa shape index (κ1) is 20.3. The number of carbonyl (C=O) groups excluding carboxylic acids is 1. The lowest BCUT2D eigenvalue weighted by atomic mass is 10.1. The van der Waals surface area contributed by atoms with Crippen LogP contribution >= 0.6 is 11.3 Å². The maximum atomic E-state index is 13.2. The molecule has 0 saturated carbocycles. The van der Waals surface area contributed by atoms with Crippen molar-refractivity contribution < 1.29 is 9.21 Å². The summed E-state index contributed by atoms with van der Waals surface area (Å²) in [5.41, 5.74) is 1.20. The van der Waals surface area contributed by atoms with Gasteiger partial charge in [-0.3, -0.25) is 14.5 Å². The van der Waals surface area contributed by atoms with Crippen molar-refractivity contribution >= 4 is 33.9 Å². The van der Waals surface area contributed by atoms with E-state index in [0.717, 1.165) is 10.6 Å². The first-order valence-corrected chi connectivity index (χ1v) is 11.1. The fourth-order valence-corrected chi connectivity index (χ4v) is 4.67. The Hall–Kier alpha value is -3.56. The number of thiophene rings is 1. The number of rotatable bonds is 6. The number of hydrogen-bond donors (Lipinski definition) is 1. The van der Waals surface area contributed by atoms with Gasteiger partial charge in [0.2, 0.25) is 0 Å². The molecule has 4 aromatic rings. The second kappa shape index (κ2) is 8.52. The van der Waals surface area contributed by atoms with Crippen molar-refractivity contribution in [2.75, 3.05) is 13.6 Å². The Morgan fingerprint density at radius 3 is 2.91 bits per heavy atom. The molecule has 0 saturated heterocycles. The van der Waals surface area contributed by atoms with Crippen LogP contribution in [0, 0.1) is 0 Å². The van der Waals surface area contributed by atoms with E-state index >= 15 is 0 Å². The van der Waals surface area contributed by atoms with Crippen LogP contribution in [0.25, 0.3) is 10.9 Å². The summed E-state index contributed by atoms with van der Waals surface area (Å²) >= 11 is 1.60. The van der Waals surface area contributed by atoms with E-state index < -0.39 is 0 Å². The summed E-state index contributed by atoms with van der Waals surface area (Å²) in [6.07, 6.45) is 2.20. The average Bonchev–Trinajstić information content (AvgIpc) is 3.54. The normalized spacial score (nSPS) is 16.1. The minimum absolute atomic E-state index is 0.129. The lowest BCUT2D eigenvalue weighted by Gasteiger charge is -2.23. The number of likely N-dealkylation sites (N-methyl/N-ethyl adjacent to an activating group) is 1.